The first-order chi connectivity index (χ1) is 5.91. The molecule has 0 aromatic heterocycles. The monoisotopic (exact) mass is 234 g/mol. The minimum absolute atomic E-state index is 0. The first kappa shape index (κ1) is 20.4. The number of carboxylic acid groups (broad SMARTS) is 1. The maximum Gasteiger partial charge on any atom is 1.00 e. The van der Waals surface area contributed by atoms with Gasteiger partial charge >= 0.3 is 29.6 Å². The second kappa shape index (κ2) is 9.19. The van der Waals surface area contributed by atoms with Crippen LogP contribution in [0.2, 0.25) is 0 Å². The van der Waals surface area contributed by atoms with Crippen LogP contribution in [-0.4, -0.2) is 62.6 Å². The molecule has 0 aliphatic rings. The van der Waals surface area contributed by atoms with E-state index in [9.17, 15) is 14.7 Å². The van der Waals surface area contributed by atoms with Crippen molar-refractivity contribution in [1.29, 1.82) is 0 Å². The van der Waals surface area contributed by atoms with Crippen molar-refractivity contribution >= 4 is 11.8 Å². The SMILES string of the molecule is O.O=C([O-])C(=O)[C@H](O)[C@@H](O)[C@@H](O)CO.[Na+]. The molecule has 3 atom stereocenters. The van der Waals surface area contributed by atoms with Crippen molar-refractivity contribution in [3.8, 4) is 0 Å². The second-order valence-corrected chi connectivity index (χ2v) is 2.34. The quantitative estimate of drug-likeness (QED) is 0.270. The van der Waals surface area contributed by atoms with Gasteiger partial charge in [0.15, 0.2) is 0 Å². The Morgan fingerprint density at radius 3 is 1.87 bits per heavy atom. The molecule has 0 aromatic carbocycles. The van der Waals surface area contributed by atoms with Crippen LogP contribution in [0.3, 0.4) is 0 Å². The van der Waals surface area contributed by atoms with E-state index in [1.807, 2.05) is 0 Å². The fraction of sp³-hybridized carbons (Fsp3) is 0.667. The Balaban J connectivity index is -0.000000720. The zero-order valence-corrected chi connectivity index (χ0v) is 9.95. The van der Waals surface area contributed by atoms with Crippen LogP contribution in [0.15, 0.2) is 0 Å². The Morgan fingerprint density at radius 1 is 1.20 bits per heavy atom. The number of hydrogen-bond donors (Lipinski definition) is 4. The van der Waals surface area contributed by atoms with E-state index in [0.29, 0.717) is 0 Å². The standard InChI is InChI=1S/C6H10O7.Na.H2O/c7-1-2(8)3(9)4(10)5(11)6(12)13;;/h2-4,7-10H,1H2,(H,12,13);;1H2/q;+1;/p-1/t2-,3-,4+;;/m0../s1. The molecule has 9 heteroatoms. The molecule has 0 fully saturated rings. The number of carboxylic acids is 1. The predicted octanol–water partition coefficient (Wildman–Crippen LogP) is -8.44. The number of rotatable bonds is 5. The van der Waals surface area contributed by atoms with E-state index < -0.39 is 36.7 Å². The number of aliphatic carboxylic acids is 1. The van der Waals surface area contributed by atoms with E-state index in [0.717, 1.165) is 0 Å². The van der Waals surface area contributed by atoms with Gasteiger partial charge in [0.05, 0.1) is 6.61 Å². The van der Waals surface area contributed by atoms with Crippen molar-refractivity contribution in [1.82, 2.24) is 0 Å². The van der Waals surface area contributed by atoms with E-state index in [4.69, 9.17) is 20.4 Å². The van der Waals surface area contributed by atoms with Gasteiger partial charge in [0.1, 0.15) is 24.3 Å². The summed E-state index contributed by atoms with van der Waals surface area (Å²) in [4.78, 5) is 20.3. The largest absolute Gasteiger partial charge is 1.00 e. The molecule has 0 saturated heterocycles. The molecule has 0 aliphatic heterocycles. The summed E-state index contributed by atoms with van der Waals surface area (Å²) in [7, 11) is 0. The van der Waals surface area contributed by atoms with Gasteiger partial charge in [-0.1, -0.05) is 0 Å². The maximum absolute atomic E-state index is 10.4. The molecule has 0 spiro atoms. The predicted molar refractivity (Wildman–Crippen MR) is 38.7 cm³/mol. The zero-order chi connectivity index (χ0) is 10.6. The number of ketones is 1. The van der Waals surface area contributed by atoms with Crippen LogP contribution < -0.4 is 34.7 Å². The summed E-state index contributed by atoms with van der Waals surface area (Å²) in [6.07, 6.45) is -6.12. The molecule has 0 unspecified atom stereocenters. The van der Waals surface area contributed by atoms with E-state index >= 15 is 0 Å². The average molecular weight is 234 g/mol. The summed E-state index contributed by atoms with van der Waals surface area (Å²) in [5, 5.41) is 44.5. The van der Waals surface area contributed by atoms with Crippen LogP contribution in [-0.2, 0) is 9.59 Å². The Hall–Kier alpha value is -0.0600. The van der Waals surface area contributed by atoms with Crippen molar-refractivity contribution in [3.05, 3.63) is 0 Å². The van der Waals surface area contributed by atoms with E-state index in [2.05, 4.69) is 0 Å². The van der Waals surface area contributed by atoms with Gasteiger partial charge in [0, 0.05) is 0 Å². The van der Waals surface area contributed by atoms with Gasteiger partial charge in [-0.05, 0) is 0 Å². The van der Waals surface area contributed by atoms with Crippen molar-refractivity contribution in [2.75, 3.05) is 6.61 Å². The molecule has 0 saturated carbocycles. The smallest absolute Gasteiger partial charge is 0.542 e. The normalized spacial score (nSPS) is 15.2. The third kappa shape index (κ3) is 6.17. The Morgan fingerprint density at radius 2 is 1.60 bits per heavy atom. The van der Waals surface area contributed by atoms with Crippen LogP contribution in [0, 0.1) is 0 Å². The van der Waals surface area contributed by atoms with Crippen LogP contribution in [0.4, 0.5) is 0 Å². The number of hydrogen-bond acceptors (Lipinski definition) is 7. The molecule has 8 nitrogen and oxygen atoms in total. The van der Waals surface area contributed by atoms with Crippen LogP contribution in [0.1, 0.15) is 0 Å². The number of carbonyl (C=O) groups is 2. The van der Waals surface area contributed by atoms with Gasteiger partial charge in [-0.3, -0.25) is 4.79 Å². The molecule has 0 heterocycles. The minimum atomic E-state index is -2.30. The summed E-state index contributed by atoms with van der Waals surface area (Å²) < 4.78 is 0. The summed E-state index contributed by atoms with van der Waals surface area (Å²) in [6.45, 7) is -0.904. The summed E-state index contributed by atoms with van der Waals surface area (Å²) in [5.74, 6) is -3.92. The Kier molecular flexibility index (Phi) is 12.5. The van der Waals surface area contributed by atoms with Crippen LogP contribution in [0.5, 0.6) is 0 Å². The molecule has 0 aromatic rings. The van der Waals surface area contributed by atoms with Gasteiger partial charge < -0.3 is 35.8 Å². The minimum Gasteiger partial charge on any atom is -0.542 e. The first-order valence-electron chi connectivity index (χ1n) is 3.32. The average Bonchev–Trinajstić information content (AvgIpc) is 2.12. The number of aliphatic hydroxyl groups excluding tert-OH is 4. The third-order valence-electron chi connectivity index (χ3n) is 1.37. The van der Waals surface area contributed by atoms with Gasteiger partial charge in [0.2, 0.25) is 5.78 Å². The van der Waals surface area contributed by atoms with Crippen molar-refractivity contribution in [3.63, 3.8) is 0 Å². The topological polar surface area (TPSA) is 170 Å². The fourth-order valence-corrected chi connectivity index (χ4v) is 0.594. The summed E-state index contributed by atoms with van der Waals surface area (Å²) >= 11 is 0. The number of Topliss-reactive ketones (excluding diaryl/α,β-unsaturated/α-hetero) is 1. The molecule has 0 rings (SSSR count). The van der Waals surface area contributed by atoms with Crippen molar-refractivity contribution in [2.24, 2.45) is 0 Å². The van der Waals surface area contributed by atoms with E-state index in [-0.39, 0.29) is 35.0 Å². The fourth-order valence-electron chi connectivity index (χ4n) is 0.594. The zero-order valence-electron chi connectivity index (χ0n) is 7.95. The molecule has 0 bridgehead atoms. The molecular formula is C6H11NaO8. The first-order valence-corrected chi connectivity index (χ1v) is 3.32. The summed E-state index contributed by atoms with van der Waals surface area (Å²) in [5.41, 5.74) is 0. The molecule has 84 valence electrons. The Labute approximate surface area is 107 Å². The van der Waals surface area contributed by atoms with Gasteiger partial charge in [0.25, 0.3) is 0 Å². The Bertz CT molecular complexity index is 207. The molecule has 15 heavy (non-hydrogen) atoms. The molecule has 0 aliphatic carbocycles. The number of aliphatic hydroxyl groups is 4. The number of carbonyl (C=O) groups excluding carboxylic acids is 2. The second-order valence-electron chi connectivity index (χ2n) is 2.34. The summed E-state index contributed by atoms with van der Waals surface area (Å²) in [6, 6.07) is 0. The van der Waals surface area contributed by atoms with Gasteiger partial charge in [-0.25, -0.2) is 0 Å². The van der Waals surface area contributed by atoms with Gasteiger partial charge in [-0.2, -0.15) is 0 Å². The maximum atomic E-state index is 10.4. The van der Waals surface area contributed by atoms with Crippen LogP contribution in [0.25, 0.3) is 0 Å². The van der Waals surface area contributed by atoms with Crippen molar-refractivity contribution in [2.45, 2.75) is 18.3 Å². The van der Waals surface area contributed by atoms with E-state index in [1.54, 1.807) is 0 Å². The molecule has 0 radical (unpaired) electrons. The van der Waals surface area contributed by atoms with Crippen LogP contribution >= 0.6 is 0 Å². The van der Waals surface area contributed by atoms with Gasteiger partial charge in [-0.15, -0.1) is 0 Å². The molecular weight excluding hydrogens is 223 g/mol. The van der Waals surface area contributed by atoms with Crippen molar-refractivity contribution < 1.29 is 70.2 Å². The molecule has 6 N–H and O–H groups in total. The molecule has 0 amide bonds. The third-order valence-corrected chi connectivity index (χ3v) is 1.37. The van der Waals surface area contributed by atoms with E-state index in [1.165, 1.54) is 0 Å².